The van der Waals surface area contributed by atoms with Crippen LogP contribution in [0.25, 0.3) is 0 Å². The summed E-state index contributed by atoms with van der Waals surface area (Å²) in [4.78, 5) is 18.4. The molecule has 0 saturated heterocycles. The van der Waals surface area contributed by atoms with Crippen molar-refractivity contribution >= 4 is 11.6 Å². The van der Waals surface area contributed by atoms with Crippen molar-refractivity contribution in [2.75, 3.05) is 25.0 Å². The predicted molar refractivity (Wildman–Crippen MR) is 87.3 cm³/mol. The van der Waals surface area contributed by atoms with Gasteiger partial charge >= 0.3 is 0 Å². The summed E-state index contributed by atoms with van der Waals surface area (Å²) in [5.41, 5.74) is 4.72. The molecule has 23 heavy (non-hydrogen) atoms. The Kier molecular flexibility index (Phi) is 3.73. The number of carbonyl (C=O) groups is 1. The zero-order valence-electron chi connectivity index (χ0n) is 13.1. The Morgan fingerprint density at radius 2 is 2.22 bits per heavy atom. The van der Waals surface area contributed by atoms with E-state index in [2.05, 4.69) is 20.5 Å². The van der Waals surface area contributed by atoms with Crippen LogP contribution in [0, 0.1) is 0 Å². The molecule has 1 fully saturated rings. The van der Waals surface area contributed by atoms with Gasteiger partial charge in [-0.3, -0.25) is 14.9 Å². The summed E-state index contributed by atoms with van der Waals surface area (Å²) >= 11 is 0. The van der Waals surface area contributed by atoms with Crippen LogP contribution in [0.4, 0.5) is 5.69 Å². The average Bonchev–Trinajstić information content (AvgIpc) is 3.39. The molecule has 2 aliphatic rings. The lowest BCUT2D eigenvalue weighted by atomic mass is 10.1. The largest absolute Gasteiger partial charge is 0.375 e. The minimum absolute atomic E-state index is 0.139. The number of rotatable bonds is 4. The summed E-state index contributed by atoms with van der Waals surface area (Å²) in [7, 11) is 0. The highest BCUT2D eigenvalue weighted by atomic mass is 16.2. The van der Waals surface area contributed by atoms with E-state index in [1.54, 1.807) is 12.4 Å². The van der Waals surface area contributed by atoms with Gasteiger partial charge in [-0.25, -0.2) is 0 Å². The van der Waals surface area contributed by atoms with Crippen LogP contribution in [-0.2, 0) is 17.6 Å². The van der Waals surface area contributed by atoms with Crippen molar-refractivity contribution in [3.05, 3.63) is 41.5 Å². The van der Waals surface area contributed by atoms with Crippen LogP contribution < -0.4 is 5.32 Å². The Balaban J connectivity index is 1.36. The SMILES string of the molecule is O=C(CNc1cccnc1)N1CCc2[nH]nc(C3CC3)c2CC1. The van der Waals surface area contributed by atoms with E-state index in [1.807, 2.05) is 17.0 Å². The summed E-state index contributed by atoms with van der Waals surface area (Å²) in [5, 5.41) is 10.8. The molecule has 0 atom stereocenters. The molecule has 3 heterocycles. The topological polar surface area (TPSA) is 73.9 Å². The number of hydrogen-bond acceptors (Lipinski definition) is 4. The van der Waals surface area contributed by atoms with Gasteiger partial charge in [-0.05, 0) is 37.0 Å². The van der Waals surface area contributed by atoms with E-state index in [0.717, 1.165) is 31.6 Å². The Hall–Kier alpha value is -2.37. The van der Waals surface area contributed by atoms with E-state index in [-0.39, 0.29) is 5.91 Å². The zero-order chi connectivity index (χ0) is 15.6. The van der Waals surface area contributed by atoms with Gasteiger partial charge in [-0.15, -0.1) is 0 Å². The second kappa shape index (κ2) is 6.02. The van der Waals surface area contributed by atoms with E-state index < -0.39 is 0 Å². The van der Waals surface area contributed by atoms with Gasteiger partial charge in [0.25, 0.3) is 0 Å². The van der Waals surface area contributed by atoms with Crippen molar-refractivity contribution in [3.63, 3.8) is 0 Å². The Bertz CT molecular complexity index is 692. The minimum atomic E-state index is 0.139. The highest BCUT2D eigenvalue weighted by Crippen LogP contribution is 2.41. The van der Waals surface area contributed by atoms with Crippen LogP contribution in [0.2, 0.25) is 0 Å². The van der Waals surface area contributed by atoms with Gasteiger partial charge in [-0.1, -0.05) is 0 Å². The number of fused-ring (bicyclic) bond motifs is 1. The number of nitrogens with one attached hydrogen (secondary N) is 2. The molecule has 1 amide bonds. The van der Waals surface area contributed by atoms with E-state index in [1.165, 1.54) is 29.8 Å². The van der Waals surface area contributed by atoms with Crippen LogP contribution in [0.5, 0.6) is 0 Å². The van der Waals surface area contributed by atoms with Crippen LogP contribution in [0.3, 0.4) is 0 Å². The van der Waals surface area contributed by atoms with Crippen LogP contribution in [0.1, 0.15) is 35.7 Å². The van der Waals surface area contributed by atoms with Crippen molar-refractivity contribution in [1.82, 2.24) is 20.1 Å². The molecule has 0 radical (unpaired) electrons. The predicted octanol–water partition coefficient (Wildman–Crippen LogP) is 1.72. The maximum Gasteiger partial charge on any atom is 0.241 e. The molecule has 120 valence electrons. The molecule has 1 aliphatic heterocycles. The normalized spacial score (nSPS) is 17.5. The quantitative estimate of drug-likeness (QED) is 0.902. The van der Waals surface area contributed by atoms with E-state index in [9.17, 15) is 4.79 Å². The molecule has 0 aromatic carbocycles. The molecule has 1 saturated carbocycles. The number of carbonyl (C=O) groups excluding carboxylic acids is 1. The lowest BCUT2D eigenvalue weighted by molar-refractivity contribution is -0.129. The standard InChI is InChI=1S/C17H21N5O/c23-16(11-19-13-2-1-7-18-10-13)22-8-5-14-15(6-9-22)20-21-17(14)12-3-4-12/h1-2,7,10,12,19H,3-6,8-9,11H2,(H,20,21). The van der Waals surface area contributed by atoms with Gasteiger partial charge in [0.05, 0.1) is 17.9 Å². The lowest BCUT2D eigenvalue weighted by Gasteiger charge is -2.20. The van der Waals surface area contributed by atoms with E-state index in [4.69, 9.17) is 0 Å². The maximum absolute atomic E-state index is 12.4. The third-order valence-corrected chi connectivity index (χ3v) is 4.67. The molecule has 1 aliphatic carbocycles. The summed E-state index contributed by atoms with van der Waals surface area (Å²) in [6, 6.07) is 3.78. The molecule has 2 aromatic heterocycles. The van der Waals surface area contributed by atoms with Crippen molar-refractivity contribution in [1.29, 1.82) is 0 Å². The van der Waals surface area contributed by atoms with Crippen molar-refractivity contribution in [2.24, 2.45) is 0 Å². The Labute approximate surface area is 135 Å². The first kappa shape index (κ1) is 14.2. The van der Waals surface area contributed by atoms with E-state index in [0.29, 0.717) is 12.5 Å². The monoisotopic (exact) mass is 311 g/mol. The first-order chi connectivity index (χ1) is 11.3. The van der Waals surface area contributed by atoms with Gasteiger partial charge < -0.3 is 10.2 Å². The fraction of sp³-hybridized carbons (Fsp3) is 0.471. The van der Waals surface area contributed by atoms with E-state index >= 15 is 0 Å². The first-order valence-electron chi connectivity index (χ1n) is 8.29. The molecular formula is C17H21N5O. The molecule has 2 aromatic rings. The molecule has 4 rings (SSSR count). The molecule has 0 spiro atoms. The molecular weight excluding hydrogens is 290 g/mol. The number of pyridine rings is 1. The third kappa shape index (κ3) is 3.06. The van der Waals surface area contributed by atoms with Crippen LogP contribution >= 0.6 is 0 Å². The summed E-state index contributed by atoms with van der Waals surface area (Å²) in [6.07, 6.45) is 7.75. The Morgan fingerprint density at radius 1 is 1.35 bits per heavy atom. The lowest BCUT2D eigenvalue weighted by Crippen LogP contribution is -2.37. The first-order valence-corrected chi connectivity index (χ1v) is 8.29. The van der Waals surface area contributed by atoms with Gasteiger partial charge in [0.2, 0.25) is 5.91 Å². The number of amides is 1. The number of H-pyrrole nitrogens is 1. The van der Waals surface area contributed by atoms with Crippen molar-refractivity contribution < 1.29 is 4.79 Å². The number of hydrogen-bond donors (Lipinski definition) is 2. The van der Waals surface area contributed by atoms with Gasteiger partial charge in [-0.2, -0.15) is 5.10 Å². The number of anilines is 1. The summed E-state index contributed by atoms with van der Waals surface area (Å²) in [6.45, 7) is 1.85. The number of nitrogens with zero attached hydrogens (tertiary/aromatic N) is 3. The molecule has 6 nitrogen and oxygen atoms in total. The number of aromatic amines is 1. The van der Waals surface area contributed by atoms with Gasteiger partial charge in [0.1, 0.15) is 0 Å². The third-order valence-electron chi connectivity index (χ3n) is 4.67. The average molecular weight is 311 g/mol. The van der Waals surface area contributed by atoms with Crippen molar-refractivity contribution in [2.45, 2.75) is 31.6 Å². The number of aromatic nitrogens is 3. The van der Waals surface area contributed by atoms with Crippen LogP contribution in [0.15, 0.2) is 24.5 Å². The molecule has 0 unspecified atom stereocenters. The fourth-order valence-corrected chi connectivity index (χ4v) is 3.21. The maximum atomic E-state index is 12.4. The minimum Gasteiger partial charge on any atom is -0.375 e. The molecule has 6 heteroatoms. The smallest absolute Gasteiger partial charge is 0.241 e. The second-order valence-electron chi connectivity index (χ2n) is 6.32. The van der Waals surface area contributed by atoms with Crippen molar-refractivity contribution in [3.8, 4) is 0 Å². The zero-order valence-corrected chi connectivity index (χ0v) is 13.1. The second-order valence-corrected chi connectivity index (χ2v) is 6.32. The fourth-order valence-electron chi connectivity index (χ4n) is 3.21. The summed E-state index contributed by atoms with van der Waals surface area (Å²) in [5.74, 6) is 0.796. The highest BCUT2D eigenvalue weighted by Gasteiger charge is 2.31. The van der Waals surface area contributed by atoms with Gasteiger partial charge in [0.15, 0.2) is 0 Å². The molecule has 0 bridgehead atoms. The summed E-state index contributed by atoms with van der Waals surface area (Å²) < 4.78 is 0. The highest BCUT2D eigenvalue weighted by molar-refractivity contribution is 5.81. The van der Waals surface area contributed by atoms with Gasteiger partial charge in [0, 0.05) is 43.5 Å². The Morgan fingerprint density at radius 3 is 3.00 bits per heavy atom. The molecule has 2 N–H and O–H groups in total. The van der Waals surface area contributed by atoms with Crippen LogP contribution in [-0.4, -0.2) is 45.6 Å².